The number of benzene rings is 1. The fourth-order valence-electron chi connectivity index (χ4n) is 2.72. The molecule has 0 aliphatic heterocycles. The van der Waals surface area contributed by atoms with Crippen LogP contribution in [0.15, 0.2) is 30.3 Å². The lowest BCUT2D eigenvalue weighted by Crippen LogP contribution is -2.43. The molecule has 0 aliphatic carbocycles. The van der Waals surface area contributed by atoms with Crippen molar-refractivity contribution >= 4 is 11.9 Å². The molecule has 0 heterocycles. The smallest absolute Gasteiger partial charge is 0.307 e. The number of nitrogens with zero attached hydrogens (tertiary/aromatic N) is 1. The fraction of sp³-hybridized carbons (Fsp3) is 0.556. The van der Waals surface area contributed by atoms with E-state index >= 15 is 0 Å². The summed E-state index contributed by atoms with van der Waals surface area (Å²) >= 11 is 0. The van der Waals surface area contributed by atoms with Crippen molar-refractivity contribution in [1.29, 1.82) is 0 Å². The molecular formula is C18H27NO4. The minimum absolute atomic E-state index is 0.0660. The van der Waals surface area contributed by atoms with Crippen molar-refractivity contribution in [2.75, 3.05) is 6.61 Å². The molecule has 0 saturated heterocycles. The van der Waals surface area contributed by atoms with Crippen molar-refractivity contribution in [3.8, 4) is 0 Å². The average molecular weight is 321 g/mol. The van der Waals surface area contributed by atoms with E-state index in [4.69, 9.17) is 9.84 Å². The molecule has 2 unspecified atom stereocenters. The topological polar surface area (TPSA) is 66.8 Å². The summed E-state index contributed by atoms with van der Waals surface area (Å²) in [6, 6.07) is 9.69. The van der Waals surface area contributed by atoms with Crippen LogP contribution in [0.25, 0.3) is 0 Å². The van der Waals surface area contributed by atoms with Crippen LogP contribution in [0.2, 0.25) is 0 Å². The Morgan fingerprint density at radius 1 is 1.17 bits per heavy atom. The van der Waals surface area contributed by atoms with Crippen LogP contribution in [0.3, 0.4) is 0 Å². The van der Waals surface area contributed by atoms with Crippen molar-refractivity contribution in [1.82, 2.24) is 4.90 Å². The van der Waals surface area contributed by atoms with Gasteiger partial charge in [-0.05, 0) is 25.8 Å². The first-order chi connectivity index (χ1) is 11.0. The molecule has 0 saturated carbocycles. The van der Waals surface area contributed by atoms with E-state index in [0.717, 1.165) is 5.56 Å². The highest BCUT2D eigenvalue weighted by Crippen LogP contribution is 2.19. The van der Waals surface area contributed by atoms with Crippen LogP contribution in [0.1, 0.15) is 45.6 Å². The summed E-state index contributed by atoms with van der Waals surface area (Å²) in [5, 5.41) is 9.16. The average Bonchev–Trinajstić information content (AvgIpc) is 2.51. The zero-order chi connectivity index (χ0) is 17.2. The first-order valence-corrected chi connectivity index (χ1v) is 8.14. The predicted octanol–water partition coefficient (Wildman–Crippen LogP) is 3.08. The number of carbonyl (C=O) groups is 2. The lowest BCUT2D eigenvalue weighted by Gasteiger charge is -2.35. The fourth-order valence-corrected chi connectivity index (χ4v) is 2.72. The molecule has 1 rings (SSSR count). The molecule has 0 radical (unpaired) electrons. The zero-order valence-corrected chi connectivity index (χ0v) is 14.2. The van der Waals surface area contributed by atoms with Crippen molar-refractivity contribution < 1.29 is 19.4 Å². The van der Waals surface area contributed by atoms with Crippen LogP contribution in [0, 0.1) is 0 Å². The van der Waals surface area contributed by atoms with Gasteiger partial charge >= 0.3 is 11.9 Å². The van der Waals surface area contributed by atoms with Gasteiger partial charge in [0.1, 0.15) is 0 Å². The number of ether oxygens (including phenoxy) is 1. The van der Waals surface area contributed by atoms with E-state index in [1.165, 1.54) is 0 Å². The van der Waals surface area contributed by atoms with E-state index in [2.05, 4.69) is 4.90 Å². The van der Waals surface area contributed by atoms with Gasteiger partial charge in [0, 0.05) is 18.6 Å². The Bertz CT molecular complexity index is 489. The molecule has 1 aromatic rings. The molecule has 5 heteroatoms. The summed E-state index contributed by atoms with van der Waals surface area (Å²) in [7, 11) is 0. The number of esters is 1. The van der Waals surface area contributed by atoms with Crippen LogP contribution >= 0.6 is 0 Å². The van der Waals surface area contributed by atoms with Gasteiger partial charge in [0.2, 0.25) is 0 Å². The maximum absolute atomic E-state index is 11.8. The van der Waals surface area contributed by atoms with E-state index in [1.54, 1.807) is 6.92 Å². The monoisotopic (exact) mass is 321 g/mol. The number of carboxylic acid groups (broad SMARTS) is 1. The van der Waals surface area contributed by atoms with Crippen molar-refractivity contribution in [3.05, 3.63) is 35.9 Å². The molecule has 2 atom stereocenters. The van der Waals surface area contributed by atoms with Crippen LogP contribution in [0.5, 0.6) is 0 Å². The Kier molecular flexibility index (Phi) is 8.33. The van der Waals surface area contributed by atoms with Crippen molar-refractivity contribution in [2.24, 2.45) is 0 Å². The van der Waals surface area contributed by atoms with Gasteiger partial charge < -0.3 is 9.84 Å². The molecule has 0 aromatic heterocycles. The summed E-state index contributed by atoms with van der Waals surface area (Å²) in [4.78, 5) is 25.0. The molecule has 128 valence electrons. The van der Waals surface area contributed by atoms with Crippen LogP contribution in [-0.2, 0) is 20.9 Å². The van der Waals surface area contributed by atoms with Gasteiger partial charge in [-0.1, -0.05) is 37.3 Å². The van der Waals surface area contributed by atoms with E-state index in [0.29, 0.717) is 19.6 Å². The highest BCUT2D eigenvalue weighted by atomic mass is 16.5. The maximum Gasteiger partial charge on any atom is 0.307 e. The predicted molar refractivity (Wildman–Crippen MR) is 89.0 cm³/mol. The lowest BCUT2D eigenvalue weighted by molar-refractivity contribution is -0.144. The van der Waals surface area contributed by atoms with Gasteiger partial charge in [-0.25, -0.2) is 0 Å². The SMILES string of the molecule is CCOC(=O)CC(C)N(Cc1ccccc1)C(CC)CC(=O)O. The molecular weight excluding hydrogens is 294 g/mol. The minimum atomic E-state index is -0.821. The van der Waals surface area contributed by atoms with Crippen molar-refractivity contribution in [2.45, 2.75) is 58.7 Å². The highest BCUT2D eigenvalue weighted by Gasteiger charge is 2.26. The molecule has 0 aliphatic rings. The number of hydrogen-bond donors (Lipinski definition) is 1. The second-order valence-electron chi connectivity index (χ2n) is 5.68. The largest absolute Gasteiger partial charge is 0.481 e. The molecule has 0 bridgehead atoms. The number of carboxylic acids is 1. The van der Waals surface area contributed by atoms with Gasteiger partial charge in [-0.3, -0.25) is 14.5 Å². The second kappa shape index (κ2) is 10.0. The van der Waals surface area contributed by atoms with Crippen molar-refractivity contribution in [3.63, 3.8) is 0 Å². The molecule has 1 aromatic carbocycles. The van der Waals surface area contributed by atoms with E-state index in [-0.39, 0.29) is 30.9 Å². The Morgan fingerprint density at radius 2 is 1.83 bits per heavy atom. The minimum Gasteiger partial charge on any atom is -0.481 e. The number of aliphatic carboxylic acids is 1. The van der Waals surface area contributed by atoms with Crippen LogP contribution in [0.4, 0.5) is 0 Å². The summed E-state index contributed by atoms with van der Waals surface area (Å²) in [6.07, 6.45) is 1.04. The third-order valence-electron chi connectivity index (χ3n) is 3.89. The summed E-state index contributed by atoms with van der Waals surface area (Å²) in [5.41, 5.74) is 1.10. The van der Waals surface area contributed by atoms with Gasteiger partial charge in [0.15, 0.2) is 0 Å². The lowest BCUT2D eigenvalue weighted by atomic mass is 10.0. The zero-order valence-electron chi connectivity index (χ0n) is 14.2. The Hall–Kier alpha value is -1.88. The Labute approximate surface area is 138 Å². The quantitative estimate of drug-likeness (QED) is 0.671. The summed E-state index contributed by atoms with van der Waals surface area (Å²) in [6.45, 7) is 6.68. The normalized spacial score (nSPS) is 13.6. The van der Waals surface area contributed by atoms with Gasteiger partial charge in [-0.2, -0.15) is 0 Å². The Morgan fingerprint density at radius 3 is 2.35 bits per heavy atom. The number of hydrogen-bond acceptors (Lipinski definition) is 4. The molecule has 0 amide bonds. The molecule has 1 N–H and O–H groups in total. The standard InChI is InChI=1S/C18H27NO4/c1-4-16(12-17(20)21)19(13-15-9-7-6-8-10-15)14(3)11-18(22)23-5-2/h6-10,14,16H,4-5,11-13H2,1-3H3,(H,20,21). The Balaban J connectivity index is 2.89. The maximum atomic E-state index is 11.8. The summed E-state index contributed by atoms with van der Waals surface area (Å²) in [5.74, 6) is -1.07. The van der Waals surface area contributed by atoms with Gasteiger partial charge in [-0.15, -0.1) is 0 Å². The molecule has 5 nitrogen and oxygen atoms in total. The van der Waals surface area contributed by atoms with E-state index in [9.17, 15) is 9.59 Å². The summed E-state index contributed by atoms with van der Waals surface area (Å²) < 4.78 is 5.03. The molecule has 0 spiro atoms. The van der Waals surface area contributed by atoms with Gasteiger partial charge in [0.25, 0.3) is 0 Å². The number of carbonyl (C=O) groups excluding carboxylic acids is 1. The molecule has 0 fully saturated rings. The van der Waals surface area contributed by atoms with E-state index in [1.807, 2.05) is 44.2 Å². The highest BCUT2D eigenvalue weighted by molar-refractivity contribution is 5.70. The third-order valence-corrected chi connectivity index (χ3v) is 3.89. The van der Waals surface area contributed by atoms with Crippen LogP contribution < -0.4 is 0 Å². The van der Waals surface area contributed by atoms with E-state index < -0.39 is 5.97 Å². The number of rotatable bonds is 10. The van der Waals surface area contributed by atoms with Crippen LogP contribution in [-0.4, -0.2) is 40.6 Å². The molecule has 23 heavy (non-hydrogen) atoms. The first kappa shape index (κ1) is 19.2. The first-order valence-electron chi connectivity index (χ1n) is 8.14. The van der Waals surface area contributed by atoms with Gasteiger partial charge in [0.05, 0.1) is 19.4 Å². The third kappa shape index (κ3) is 6.82. The second-order valence-corrected chi connectivity index (χ2v) is 5.68.